The molecule has 26 heavy (non-hydrogen) atoms. The van der Waals surface area contributed by atoms with E-state index >= 15 is 0 Å². The van der Waals surface area contributed by atoms with Gasteiger partial charge in [0.1, 0.15) is 24.2 Å². The minimum atomic E-state index is -0.503. The van der Waals surface area contributed by atoms with Gasteiger partial charge in [0.05, 0.1) is 24.6 Å². The quantitative estimate of drug-likeness (QED) is 0.838. The highest BCUT2D eigenvalue weighted by Gasteiger charge is 2.43. The van der Waals surface area contributed by atoms with E-state index in [2.05, 4.69) is 4.98 Å². The molecule has 0 aromatic carbocycles. The van der Waals surface area contributed by atoms with Crippen LogP contribution in [0.5, 0.6) is 5.75 Å². The molecule has 0 radical (unpaired) electrons. The van der Waals surface area contributed by atoms with Crippen molar-refractivity contribution in [2.24, 2.45) is 0 Å². The van der Waals surface area contributed by atoms with Crippen LogP contribution in [0.2, 0.25) is 0 Å². The van der Waals surface area contributed by atoms with Crippen molar-refractivity contribution in [1.82, 2.24) is 14.8 Å². The molecule has 0 unspecified atom stereocenters. The molecule has 4 rings (SSSR count). The van der Waals surface area contributed by atoms with Crippen LogP contribution in [0.15, 0.2) is 47.5 Å². The summed E-state index contributed by atoms with van der Waals surface area (Å²) in [7, 11) is 0. The smallest absolute Gasteiger partial charge is 0.257 e. The fourth-order valence-corrected chi connectivity index (χ4v) is 3.65. The maximum absolute atomic E-state index is 13.0. The summed E-state index contributed by atoms with van der Waals surface area (Å²) >= 11 is 0. The Morgan fingerprint density at radius 2 is 2.08 bits per heavy atom. The maximum atomic E-state index is 13.0. The second kappa shape index (κ2) is 7.19. The van der Waals surface area contributed by atoms with Crippen LogP contribution in [0.25, 0.3) is 0 Å². The van der Waals surface area contributed by atoms with Gasteiger partial charge in [-0.3, -0.25) is 14.6 Å². The first-order chi connectivity index (χ1) is 12.7. The highest BCUT2D eigenvalue weighted by Crippen LogP contribution is 2.27. The van der Waals surface area contributed by atoms with Crippen LogP contribution >= 0.6 is 0 Å². The molecule has 2 aromatic rings. The Morgan fingerprint density at radius 1 is 1.23 bits per heavy atom. The summed E-state index contributed by atoms with van der Waals surface area (Å²) in [5.74, 6) is 0.452. The summed E-state index contributed by atoms with van der Waals surface area (Å²) in [4.78, 5) is 33.4. The normalized spacial score (nSPS) is 22.6. The lowest BCUT2D eigenvalue weighted by Gasteiger charge is -2.27. The SMILES string of the molecule is O=C([C@@H]1C[C@H](Oc2cccnc2)CN1C(=O)c1ccoc1)N1CCCC1. The molecule has 2 fully saturated rings. The maximum Gasteiger partial charge on any atom is 0.257 e. The number of carbonyl (C=O) groups is 2. The molecule has 0 N–H and O–H groups in total. The second-order valence-corrected chi connectivity index (χ2v) is 6.68. The number of carbonyl (C=O) groups excluding carboxylic acids is 2. The van der Waals surface area contributed by atoms with Crippen LogP contribution in [0.3, 0.4) is 0 Å². The summed E-state index contributed by atoms with van der Waals surface area (Å²) in [6.07, 6.45) is 8.46. The number of amides is 2. The van der Waals surface area contributed by atoms with Crippen molar-refractivity contribution in [1.29, 1.82) is 0 Å². The fraction of sp³-hybridized carbons (Fsp3) is 0.421. The van der Waals surface area contributed by atoms with Crippen LogP contribution in [0.4, 0.5) is 0 Å². The Labute approximate surface area is 151 Å². The van der Waals surface area contributed by atoms with Crippen molar-refractivity contribution in [3.05, 3.63) is 48.7 Å². The summed E-state index contributed by atoms with van der Waals surface area (Å²) in [5.41, 5.74) is 0.450. The van der Waals surface area contributed by atoms with Gasteiger partial charge in [-0.2, -0.15) is 0 Å². The van der Waals surface area contributed by atoms with Crippen LogP contribution in [0, 0.1) is 0 Å². The van der Waals surface area contributed by atoms with Crippen molar-refractivity contribution in [2.75, 3.05) is 19.6 Å². The van der Waals surface area contributed by atoms with Crippen molar-refractivity contribution < 1.29 is 18.7 Å². The Hall–Kier alpha value is -2.83. The van der Waals surface area contributed by atoms with Gasteiger partial charge < -0.3 is 19.0 Å². The van der Waals surface area contributed by atoms with E-state index in [1.165, 1.54) is 12.5 Å². The zero-order valence-corrected chi connectivity index (χ0v) is 14.4. The fourth-order valence-electron chi connectivity index (χ4n) is 3.65. The number of aromatic nitrogens is 1. The standard InChI is InChI=1S/C19H21N3O4/c23-18(14-5-9-25-13-14)22-12-16(26-15-4-3-6-20-11-15)10-17(22)19(24)21-7-1-2-8-21/h3-6,9,11,13,16-17H,1-2,7-8,10,12H2/t16-,17-/m0/s1. The molecule has 0 saturated carbocycles. The molecule has 0 bridgehead atoms. The monoisotopic (exact) mass is 355 g/mol. The van der Waals surface area contributed by atoms with E-state index in [9.17, 15) is 9.59 Å². The van der Waals surface area contributed by atoms with Crippen LogP contribution in [0.1, 0.15) is 29.6 Å². The number of nitrogens with zero attached hydrogens (tertiary/aromatic N) is 3. The lowest BCUT2D eigenvalue weighted by molar-refractivity contribution is -0.134. The largest absolute Gasteiger partial charge is 0.487 e. The number of hydrogen-bond donors (Lipinski definition) is 0. The summed E-state index contributed by atoms with van der Waals surface area (Å²) < 4.78 is 11.0. The highest BCUT2D eigenvalue weighted by atomic mass is 16.5. The van der Waals surface area contributed by atoms with Gasteiger partial charge in [-0.05, 0) is 31.0 Å². The van der Waals surface area contributed by atoms with Gasteiger partial charge in [0.2, 0.25) is 5.91 Å². The van der Waals surface area contributed by atoms with Crippen molar-refractivity contribution in [3.8, 4) is 5.75 Å². The molecule has 0 aliphatic carbocycles. The minimum Gasteiger partial charge on any atom is -0.487 e. The lowest BCUT2D eigenvalue weighted by atomic mass is 10.1. The lowest BCUT2D eigenvalue weighted by Crippen LogP contribution is -2.46. The summed E-state index contributed by atoms with van der Waals surface area (Å²) in [5, 5.41) is 0. The molecule has 2 aliphatic heterocycles. The predicted molar refractivity (Wildman–Crippen MR) is 92.6 cm³/mol. The van der Waals surface area contributed by atoms with E-state index in [0.29, 0.717) is 24.3 Å². The van der Waals surface area contributed by atoms with E-state index < -0.39 is 6.04 Å². The van der Waals surface area contributed by atoms with Gasteiger partial charge in [-0.15, -0.1) is 0 Å². The molecule has 2 amide bonds. The Balaban J connectivity index is 1.54. The Kier molecular flexibility index (Phi) is 4.60. The Morgan fingerprint density at radius 3 is 2.77 bits per heavy atom. The van der Waals surface area contributed by atoms with Crippen LogP contribution in [-0.4, -0.2) is 58.4 Å². The van der Waals surface area contributed by atoms with Gasteiger partial charge in [-0.25, -0.2) is 0 Å². The van der Waals surface area contributed by atoms with Crippen LogP contribution in [-0.2, 0) is 4.79 Å². The Bertz CT molecular complexity index is 756. The van der Waals surface area contributed by atoms with E-state index in [0.717, 1.165) is 25.9 Å². The van der Waals surface area contributed by atoms with Crippen molar-refractivity contribution in [2.45, 2.75) is 31.4 Å². The average molecular weight is 355 g/mol. The molecule has 2 aromatic heterocycles. The average Bonchev–Trinajstić information content (AvgIpc) is 3.42. The molecule has 2 aliphatic rings. The van der Waals surface area contributed by atoms with Crippen molar-refractivity contribution in [3.63, 3.8) is 0 Å². The third kappa shape index (κ3) is 3.29. The summed E-state index contributed by atoms with van der Waals surface area (Å²) in [6, 6.07) is 4.74. The molecule has 136 valence electrons. The van der Waals surface area contributed by atoms with Gasteiger partial charge in [0.25, 0.3) is 5.91 Å². The summed E-state index contributed by atoms with van der Waals surface area (Å²) in [6.45, 7) is 1.89. The van der Waals surface area contributed by atoms with E-state index in [1.807, 2.05) is 11.0 Å². The van der Waals surface area contributed by atoms with Gasteiger partial charge in [-0.1, -0.05) is 0 Å². The van der Waals surface area contributed by atoms with Crippen molar-refractivity contribution >= 4 is 11.8 Å². The van der Waals surface area contributed by atoms with Gasteiger partial charge >= 0.3 is 0 Å². The molecule has 4 heterocycles. The first-order valence-electron chi connectivity index (χ1n) is 8.91. The topological polar surface area (TPSA) is 75.9 Å². The zero-order chi connectivity index (χ0) is 17.9. The number of pyridine rings is 1. The first-order valence-corrected chi connectivity index (χ1v) is 8.91. The van der Waals surface area contributed by atoms with Crippen LogP contribution < -0.4 is 4.74 Å². The predicted octanol–water partition coefficient (Wildman–Crippen LogP) is 1.96. The van der Waals surface area contributed by atoms with E-state index in [4.69, 9.17) is 9.15 Å². The number of ether oxygens (including phenoxy) is 1. The minimum absolute atomic E-state index is 0.0108. The van der Waals surface area contributed by atoms with E-state index in [1.54, 1.807) is 29.4 Å². The highest BCUT2D eigenvalue weighted by molar-refractivity contribution is 5.97. The molecule has 0 spiro atoms. The van der Waals surface area contributed by atoms with E-state index in [-0.39, 0.29) is 17.9 Å². The molecular weight excluding hydrogens is 334 g/mol. The molecule has 2 atom stereocenters. The zero-order valence-electron chi connectivity index (χ0n) is 14.4. The molecular formula is C19H21N3O4. The number of likely N-dealkylation sites (tertiary alicyclic amines) is 2. The van der Waals surface area contributed by atoms with Gasteiger partial charge in [0.15, 0.2) is 0 Å². The number of hydrogen-bond acceptors (Lipinski definition) is 5. The molecule has 2 saturated heterocycles. The third-order valence-corrected chi connectivity index (χ3v) is 4.93. The number of furan rings is 1. The van der Waals surface area contributed by atoms with Gasteiger partial charge in [0, 0.05) is 25.7 Å². The first kappa shape index (κ1) is 16.6. The number of rotatable bonds is 4. The third-order valence-electron chi connectivity index (χ3n) is 4.93. The molecule has 7 heteroatoms. The molecule has 7 nitrogen and oxygen atoms in total. The second-order valence-electron chi connectivity index (χ2n) is 6.68.